The number of hydrogen-bond acceptors (Lipinski definition) is 6. The molecule has 3 aliphatic rings. The quantitative estimate of drug-likeness (QED) is 0.319. The first-order valence-electron chi connectivity index (χ1n) is 11.7. The first kappa shape index (κ1) is 23.3. The number of amides is 1. The predicted octanol–water partition coefficient (Wildman–Crippen LogP) is 4.69. The van der Waals surface area contributed by atoms with Crippen LogP contribution in [0, 0.1) is 18.3 Å². The molecule has 1 aliphatic heterocycles. The minimum atomic E-state index is -0.908. The van der Waals surface area contributed by atoms with Crippen LogP contribution in [0.1, 0.15) is 53.7 Å². The third-order valence-corrected chi connectivity index (χ3v) is 7.73. The van der Waals surface area contributed by atoms with Crippen molar-refractivity contribution in [1.82, 2.24) is 19.5 Å². The minimum Gasteiger partial charge on any atom is -0.523 e. The molecule has 2 aliphatic carbocycles. The predicted molar refractivity (Wildman–Crippen MR) is 125 cm³/mol. The normalized spacial score (nSPS) is 25.9. The van der Waals surface area contributed by atoms with Gasteiger partial charge in [0, 0.05) is 49.2 Å². The van der Waals surface area contributed by atoms with Crippen molar-refractivity contribution in [3.05, 3.63) is 65.3 Å². The van der Waals surface area contributed by atoms with E-state index >= 15 is 0 Å². The Morgan fingerprint density at radius 2 is 2.14 bits per heavy atom. The van der Waals surface area contributed by atoms with Crippen LogP contribution in [0.2, 0.25) is 0 Å². The van der Waals surface area contributed by atoms with E-state index in [-0.39, 0.29) is 43.4 Å². The number of hydrogen-bond donors (Lipinski definition) is 1. The summed E-state index contributed by atoms with van der Waals surface area (Å²) >= 11 is 0. The molecule has 2 fully saturated rings. The van der Waals surface area contributed by atoms with Gasteiger partial charge in [0.15, 0.2) is 0 Å². The Balaban J connectivity index is 0.00000240. The molecule has 36 heavy (non-hydrogen) atoms. The van der Waals surface area contributed by atoms with Crippen molar-refractivity contribution < 1.29 is 38.6 Å². The van der Waals surface area contributed by atoms with Crippen molar-refractivity contribution in [2.75, 3.05) is 5.32 Å². The van der Waals surface area contributed by atoms with Gasteiger partial charge in [0.05, 0.1) is 12.1 Å². The second-order valence-electron chi connectivity index (χ2n) is 10.1. The molecule has 0 spiro atoms. The van der Waals surface area contributed by atoms with E-state index in [1.54, 1.807) is 12.3 Å². The third-order valence-electron chi connectivity index (χ3n) is 7.73. The van der Waals surface area contributed by atoms with Crippen molar-refractivity contribution >= 4 is 17.2 Å². The second kappa shape index (κ2) is 7.95. The zero-order valence-electron chi connectivity index (χ0n) is 19.8. The molecule has 1 aromatic carbocycles. The van der Waals surface area contributed by atoms with Crippen molar-refractivity contribution in [2.24, 2.45) is 5.41 Å². The molecule has 4 aromatic rings. The molecule has 0 bridgehead atoms. The van der Waals surface area contributed by atoms with Gasteiger partial charge in [0.2, 0.25) is 11.7 Å². The van der Waals surface area contributed by atoms with Crippen LogP contribution in [0.3, 0.4) is 0 Å². The zero-order valence-corrected chi connectivity index (χ0v) is 22.2. The molecule has 10 heteroatoms. The summed E-state index contributed by atoms with van der Waals surface area (Å²) in [6.45, 7) is 6.26. The fraction of sp³-hybridized carbons (Fsp3) is 0.346. The van der Waals surface area contributed by atoms with E-state index in [0.29, 0.717) is 40.7 Å². The van der Waals surface area contributed by atoms with Gasteiger partial charge in [0.25, 0.3) is 5.91 Å². The van der Waals surface area contributed by atoms with E-state index in [0.717, 1.165) is 23.3 Å². The number of pyridine rings is 1. The number of nitrogens with zero attached hydrogens (tertiary/aromatic N) is 4. The maximum atomic E-state index is 13.3. The Labute approximate surface area is 220 Å². The summed E-state index contributed by atoms with van der Waals surface area (Å²) in [5.74, 6) is 2.30. The van der Waals surface area contributed by atoms with Crippen molar-refractivity contribution in [3.8, 4) is 17.1 Å². The van der Waals surface area contributed by atoms with E-state index in [1.165, 1.54) is 5.92 Å². The van der Waals surface area contributed by atoms with Crippen molar-refractivity contribution in [1.29, 1.82) is 0 Å². The van der Waals surface area contributed by atoms with E-state index in [9.17, 15) is 9.18 Å². The Morgan fingerprint density at radius 1 is 1.33 bits per heavy atom. The van der Waals surface area contributed by atoms with Gasteiger partial charge >= 0.3 is 0 Å². The van der Waals surface area contributed by atoms with Crippen LogP contribution >= 0.6 is 0 Å². The second-order valence-corrected chi connectivity index (χ2v) is 10.1. The van der Waals surface area contributed by atoms with Crippen LogP contribution < -0.4 is 10.1 Å². The fourth-order valence-electron chi connectivity index (χ4n) is 5.07. The smallest absolute Gasteiger partial charge is 0.274 e. The van der Waals surface area contributed by atoms with Crippen LogP contribution in [0.5, 0.6) is 5.75 Å². The van der Waals surface area contributed by atoms with Gasteiger partial charge in [-0.2, -0.15) is 11.9 Å². The van der Waals surface area contributed by atoms with Crippen LogP contribution in [-0.2, 0) is 26.5 Å². The first-order chi connectivity index (χ1) is 16.8. The van der Waals surface area contributed by atoms with Gasteiger partial charge in [-0.25, -0.2) is 9.37 Å². The van der Waals surface area contributed by atoms with Gasteiger partial charge in [-0.05, 0) is 37.5 Å². The Hall–Kier alpha value is -3.10. The zero-order chi connectivity index (χ0) is 24.1. The molecule has 7 rings (SSSR count). The molecular formula is C26H23FIrN5O3-. The largest absolute Gasteiger partial charge is 0.523 e. The molecule has 187 valence electrons. The molecule has 4 atom stereocenters. The first-order valence-corrected chi connectivity index (χ1v) is 11.7. The molecule has 3 aromatic heterocycles. The number of imidazole rings is 1. The monoisotopic (exact) mass is 665 g/mol. The molecule has 2 unspecified atom stereocenters. The van der Waals surface area contributed by atoms with E-state index in [2.05, 4.69) is 34.3 Å². The number of aryl methyl sites for hydroxylation is 1. The minimum absolute atomic E-state index is 0. The third kappa shape index (κ3) is 3.50. The molecule has 1 radical (unpaired) electrons. The standard InChI is InChI=1S/C26H23FN5O3.Ir/c1-12-4-5-14(23-30-25(35-31-23)16-7-17(16)27)6-18(12)29-24(33)19-10-28-21-8-20-15(11-32(19)21)9-26(3)13(2)22(26)34-20;/h4-6,8,10-11,16-17,22H,7,9H2,1-3H3,(H,29,33);/q-1;/t16-,17+,22?,26?;/m1./s1. The van der Waals surface area contributed by atoms with Gasteiger partial charge < -0.3 is 14.6 Å². The average Bonchev–Trinajstić information content (AvgIpc) is 3.45. The van der Waals surface area contributed by atoms with Crippen molar-refractivity contribution in [2.45, 2.75) is 51.8 Å². The van der Waals surface area contributed by atoms with Crippen LogP contribution in [-0.4, -0.2) is 37.7 Å². The van der Waals surface area contributed by atoms with Gasteiger partial charge in [0.1, 0.15) is 23.3 Å². The molecule has 0 saturated heterocycles. The number of carbonyl (C=O) groups excluding carboxylic acids is 1. The molecule has 4 heterocycles. The summed E-state index contributed by atoms with van der Waals surface area (Å²) in [6, 6.07) is 7.43. The van der Waals surface area contributed by atoms with Gasteiger partial charge in [-0.15, -0.1) is 5.41 Å². The number of ether oxygens (including phenoxy) is 1. The number of rotatable bonds is 4. The Bertz CT molecular complexity index is 1530. The van der Waals surface area contributed by atoms with Gasteiger partial charge in [-0.1, -0.05) is 24.2 Å². The van der Waals surface area contributed by atoms with Gasteiger partial charge in [-0.3, -0.25) is 15.1 Å². The topological polar surface area (TPSA) is 94.6 Å². The maximum Gasteiger partial charge on any atom is 0.274 e. The number of anilines is 1. The summed E-state index contributed by atoms with van der Waals surface area (Å²) in [5.41, 5.74) is 4.42. The van der Waals surface area contributed by atoms with E-state index in [1.807, 2.05) is 35.7 Å². The number of halogens is 1. The number of fused-ring (bicyclic) bond motifs is 3. The number of nitrogens with one attached hydrogen (secondary N) is 1. The Kier molecular flexibility index (Phi) is 5.15. The molecule has 2 saturated carbocycles. The molecule has 1 amide bonds. The Morgan fingerprint density at radius 3 is 2.92 bits per heavy atom. The summed E-state index contributed by atoms with van der Waals surface area (Å²) < 4.78 is 26.5. The summed E-state index contributed by atoms with van der Waals surface area (Å²) in [6.07, 6.45) is 4.09. The molecule has 8 nitrogen and oxygen atoms in total. The summed E-state index contributed by atoms with van der Waals surface area (Å²) in [7, 11) is 0. The number of carbonyl (C=O) groups is 1. The SMILES string of the molecule is Cc1ccc(-c2noc([C@@H]3C[C@@H]3F)n2)cc1NC(=O)c1cnc2cc3c(cn12)CC1(C)[C-](C)C1O3.[Ir]. The van der Waals surface area contributed by atoms with E-state index < -0.39 is 6.17 Å². The van der Waals surface area contributed by atoms with Crippen LogP contribution in [0.25, 0.3) is 17.0 Å². The average molecular weight is 665 g/mol. The van der Waals surface area contributed by atoms with Crippen LogP contribution in [0.4, 0.5) is 10.1 Å². The maximum absolute atomic E-state index is 13.3. The fourth-order valence-corrected chi connectivity index (χ4v) is 5.07. The van der Waals surface area contributed by atoms with Crippen molar-refractivity contribution in [3.63, 3.8) is 0 Å². The molecular weight excluding hydrogens is 642 g/mol. The number of benzene rings is 1. The number of aromatic nitrogens is 4. The summed E-state index contributed by atoms with van der Waals surface area (Å²) in [4.78, 5) is 22.1. The molecule has 1 N–H and O–H groups in total. The van der Waals surface area contributed by atoms with E-state index in [4.69, 9.17) is 9.26 Å². The van der Waals surface area contributed by atoms with Crippen LogP contribution in [0.15, 0.2) is 41.2 Å². The number of alkyl halides is 1. The summed E-state index contributed by atoms with van der Waals surface area (Å²) in [5, 5.41) is 6.99.